The van der Waals surface area contributed by atoms with Gasteiger partial charge >= 0.3 is 0 Å². The predicted molar refractivity (Wildman–Crippen MR) is 59.2 cm³/mol. The van der Waals surface area contributed by atoms with Crippen molar-refractivity contribution in [2.75, 3.05) is 5.73 Å². The molecule has 0 bridgehead atoms. The van der Waals surface area contributed by atoms with Crippen LogP contribution < -0.4 is 5.73 Å². The van der Waals surface area contributed by atoms with Gasteiger partial charge in [0.15, 0.2) is 5.78 Å². The smallest absolute Gasteiger partial charge is 0.168 e. The first kappa shape index (κ1) is 11.7. The molecule has 82 valence electrons. The van der Waals surface area contributed by atoms with Gasteiger partial charge in [-0.3, -0.25) is 4.79 Å². The van der Waals surface area contributed by atoms with Crippen molar-refractivity contribution in [2.45, 2.75) is 27.2 Å². The van der Waals surface area contributed by atoms with Crippen LogP contribution in [0.25, 0.3) is 0 Å². The van der Waals surface area contributed by atoms with E-state index in [1.165, 1.54) is 12.1 Å². The van der Waals surface area contributed by atoms with Crippen molar-refractivity contribution in [1.82, 2.24) is 0 Å². The summed E-state index contributed by atoms with van der Waals surface area (Å²) in [6, 6.07) is 4.20. The summed E-state index contributed by atoms with van der Waals surface area (Å²) in [6.45, 7) is 5.64. The van der Waals surface area contributed by atoms with Crippen molar-refractivity contribution in [2.24, 2.45) is 5.41 Å². The van der Waals surface area contributed by atoms with Crippen LogP contribution in [-0.2, 0) is 0 Å². The van der Waals surface area contributed by atoms with Gasteiger partial charge in [0, 0.05) is 11.0 Å². The lowest BCUT2D eigenvalue weighted by Crippen LogP contribution is -2.23. The van der Waals surface area contributed by atoms with Crippen molar-refractivity contribution in [3.63, 3.8) is 0 Å². The summed E-state index contributed by atoms with van der Waals surface area (Å²) in [4.78, 5) is 12.0. The molecular formula is C12H16FNO. The summed E-state index contributed by atoms with van der Waals surface area (Å²) in [5.74, 6) is -0.586. The molecule has 0 aromatic heterocycles. The number of hydrogen-bond acceptors (Lipinski definition) is 2. The lowest BCUT2D eigenvalue weighted by molar-refractivity contribution is 0.0832. The number of hydrogen-bond donors (Lipinski definition) is 1. The van der Waals surface area contributed by atoms with E-state index in [0.717, 1.165) is 6.42 Å². The molecule has 0 saturated heterocycles. The third kappa shape index (κ3) is 2.35. The molecule has 0 aliphatic rings. The molecule has 1 aromatic rings. The molecule has 0 atom stereocenters. The topological polar surface area (TPSA) is 43.1 Å². The highest BCUT2D eigenvalue weighted by molar-refractivity contribution is 6.00. The van der Waals surface area contributed by atoms with E-state index in [-0.39, 0.29) is 11.5 Å². The van der Waals surface area contributed by atoms with E-state index in [1.807, 2.05) is 20.8 Å². The zero-order valence-electron chi connectivity index (χ0n) is 9.30. The molecule has 0 unspecified atom stereocenters. The Morgan fingerprint density at radius 3 is 2.53 bits per heavy atom. The van der Waals surface area contributed by atoms with E-state index in [9.17, 15) is 9.18 Å². The van der Waals surface area contributed by atoms with Crippen molar-refractivity contribution in [3.05, 3.63) is 29.6 Å². The Hall–Kier alpha value is -1.38. The lowest BCUT2D eigenvalue weighted by atomic mass is 9.82. The highest BCUT2D eigenvalue weighted by Crippen LogP contribution is 2.26. The molecule has 0 saturated carbocycles. The minimum atomic E-state index is -0.534. The summed E-state index contributed by atoms with van der Waals surface area (Å²) in [5, 5.41) is 0. The van der Waals surface area contributed by atoms with Gasteiger partial charge in [0.2, 0.25) is 0 Å². The maximum Gasteiger partial charge on any atom is 0.168 e. The zero-order valence-corrected chi connectivity index (χ0v) is 9.30. The Morgan fingerprint density at radius 2 is 2.07 bits per heavy atom. The second kappa shape index (κ2) is 4.01. The van der Waals surface area contributed by atoms with Gasteiger partial charge in [0.05, 0.1) is 5.69 Å². The van der Waals surface area contributed by atoms with Gasteiger partial charge < -0.3 is 5.73 Å². The van der Waals surface area contributed by atoms with Crippen LogP contribution in [0.2, 0.25) is 0 Å². The maximum absolute atomic E-state index is 13.2. The van der Waals surface area contributed by atoms with E-state index in [4.69, 9.17) is 5.73 Å². The Balaban J connectivity index is 3.08. The largest absolute Gasteiger partial charge is 0.396 e. The number of nitrogen functional groups attached to an aromatic ring is 1. The molecule has 15 heavy (non-hydrogen) atoms. The van der Waals surface area contributed by atoms with Gasteiger partial charge in [-0.25, -0.2) is 4.39 Å². The van der Waals surface area contributed by atoms with Crippen LogP contribution in [0, 0.1) is 11.2 Å². The predicted octanol–water partition coefficient (Wildman–Crippen LogP) is 3.03. The molecule has 0 fully saturated rings. The van der Waals surface area contributed by atoms with Crippen molar-refractivity contribution >= 4 is 11.5 Å². The Kier molecular flexibility index (Phi) is 3.12. The number of carbonyl (C=O) groups excluding carboxylic acids is 1. The molecule has 0 heterocycles. The fraction of sp³-hybridized carbons (Fsp3) is 0.417. The van der Waals surface area contributed by atoms with E-state index in [2.05, 4.69) is 0 Å². The Labute approximate surface area is 89.3 Å². The quantitative estimate of drug-likeness (QED) is 0.614. The molecule has 0 spiro atoms. The number of anilines is 1. The molecule has 3 heteroatoms. The summed E-state index contributed by atoms with van der Waals surface area (Å²) < 4.78 is 13.2. The zero-order chi connectivity index (χ0) is 11.6. The van der Waals surface area contributed by atoms with E-state index in [1.54, 1.807) is 6.07 Å². The third-order valence-electron chi connectivity index (χ3n) is 2.76. The average molecular weight is 209 g/mol. The van der Waals surface area contributed by atoms with Gasteiger partial charge in [0.25, 0.3) is 0 Å². The standard InChI is InChI=1S/C12H16FNO/c1-4-12(2,3)11(15)8-5-6-10(14)9(13)7-8/h5-7H,4,14H2,1-3H3. The second-order valence-electron chi connectivity index (χ2n) is 4.30. The van der Waals surface area contributed by atoms with Crippen LogP contribution in [0.5, 0.6) is 0 Å². The normalized spacial score (nSPS) is 11.5. The van der Waals surface area contributed by atoms with Gasteiger partial charge in [-0.05, 0) is 24.6 Å². The molecule has 0 aliphatic heterocycles. The van der Waals surface area contributed by atoms with Gasteiger partial charge in [0.1, 0.15) is 5.82 Å². The molecule has 1 aromatic carbocycles. The fourth-order valence-electron chi connectivity index (χ4n) is 1.22. The number of benzene rings is 1. The summed E-state index contributed by atoms with van der Waals surface area (Å²) in [6.07, 6.45) is 0.720. The molecule has 0 radical (unpaired) electrons. The maximum atomic E-state index is 13.2. The van der Waals surface area contributed by atoms with Crippen LogP contribution in [-0.4, -0.2) is 5.78 Å². The summed E-state index contributed by atoms with van der Waals surface area (Å²) in [7, 11) is 0. The van der Waals surface area contributed by atoms with Crippen LogP contribution in [0.15, 0.2) is 18.2 Å². The SMILES string of the molecule is CCC(C)(C)C(=O)c1ccc(N)c(F)c1. The first-order valence-corrected chi connectivity index (χ1v) is 4.98. The molecule has 0 amide bonds. The molecule has 1 rings (SSSR count). The first-order chi connectivity index (χ1) is 6.88. The number of rotatable bonds is 3. The fourth-order valence-corrected chi connectivity index (χ4v) is 1.22. The van der Waals surface area contributed by atoms with Gasteiger partial charge in [-0.2, -0.15) is 0 Å². The summed E-state index contributed by atoms with van der Waals surface area (Å²) in [5.41, 5.74) is 5.34. The van der Waals surface area contributed by atoms with E-state index in [0.29, 0.717) is 5.56 Å². The minimum Gasteiger partial charge on any atom is -0.396 e. The number of ketones is 1. The lowest BCUT2D eigenvalue weighted by Gasteiger charge is -2.20. The van der Waals surface area contributed by atoms with Crippen molar-refractivity contribution in [3.8, 4) is 0 Å². The van der Waals surface area contributed by atoms with E-state index >= 15 is 0 Å². The average Bonchev–Trinajstić information content (AvgIpc) is 2.21. The van der Waals surface area contributed by atoms with Crippen LogP contribution in [0.4, 0.5) is 10.1 Å². The Bertz CT molecular complexity index is 385. The molecular weight excluding hydrogens is 193 g/mol. The highest BCUT2D eigenvalue weighted by atomic mass is 19.1. The number of halogens is 1. The van der Waals surface area contributed by atoms with Crippen molar-refractivity contribution in [1.29, 1.82) is 0 Å². The molecule has 2 nitrogen and oxygen atoms in total. The second-order valence-corrected chi connectivity index (χ2v) is 4.30. The van der Waals surface area contributed by atoms with Gasteiger partial charge in [-0.1, -0.05) is 20.8 Å². The van der Waals surface area contributed by atoms with Crippen molar-refractivity contribution < 1.29 is 9.18 Å². The van der Waals surface area contributed by atoms with Crippen LogP contribution in [0.1, 0.15) is 37.6 Å². The summed E-state index contributed by atoms with van der Waals surface area (Å²) >= 11 is 0. The third-order valence-corrected chi connectivity index (χ3v) is 2.76. The number of Topliss-reactive ketones (excluding diaryl/α,β-unsaturated/α-hetero) is 1. The first-order valence-electron chi connectivity index (χ1n) is 4.98. The van der Waals surface area contributed by atoms with Crippen LogP contribution in [0.3, 0.4) is 0 Å². The monoisotopic (exact) mass is 209 g/mol. The Morgan fingerprint density at radius 1 is 1.47 bits per heavy atom. The van der Waals surface area contributed by atoms with Crippen LogP contribution >= 0.6 is 0 Å². The van der Waals surface area contributed by atoms with Gasteiger partial charge in [-0.15, -0.1) is 0 Å². The molecule has 0 aliphatic carbocycles. The molecule has 2 N–H and O–H groups in total. The number of carbonyl (C=O) groups is 1. The highest BCUT2D eigenvalue weighted by Gasteiger charge is 2.26. The number of nitrogens with two attached hydrogens (primary N) is 1. The minimum absolute atomic E-state index is 0.0519. The van der Waals surface area contributed by atoms with E-state index < -0.39 is 11.2 Å².